The van der Waals surface area contributed by atoms with E-state index in [1.165, 1.54) is 6.42 Å². The van der Waals surface area contributed by atoms with E-state index in [2.05, 4.69) is 0 Å². The van der Waals surface area contributed by atoms with Crippen molar-refractivity contribution in [3.8, 4) is 11.8 Å². The summed E-state index contributed by atoms with van der Waals surface area (Å²) in [5.74, 6) is -0.511. The number of ether oxygens (including phenoxy) is 2. The Balaban J connectivity index is 1.74. The lowest BCUT2D eigenvalue weighted by atomic mass is 9.94. The number of likely N-dealkylation sites (N-methyl/N-ethyl adjacent to an activating group) is 1. The van der Waals surface area contributed by atoms with E-state index in [9.17, 15) is 9.59 Å². The van der Waals surface area contributed by atoms with Crippen molar-refractivity contribution in [2.45, 2.75) is 38.1 Å². The summed E-state index contributed by atoms with van der Waals surface area (Å²) >= 11 is 0. The van der Waals surface area contributed by atoms with Gasteiger partial charge >= 0.3 is 5.97 Å². The van der Waals surface area contributed by atoms with Gasteiger partial charge in [-0.1, -0.05) is 31.4 Å². The number of nitriles is 1. The first kappa shape index (κ1) is 17.8. The lowest BCUT2D eigenvalue weighted by molar-refractivity contribution is -0.154. The topological polar surface area (TPSA) is 79.6 Å². The van der Waals surface area contributed by atoms with Gasteiger partial charge < -0.3 is 14.4 Å². The van der Waals surface area contributed by atoms with Crippen LogP contribution in [-0.4, -0.2) is 43.1 Å². The Morgan fingerprint density at radius 3 is 2.62 bits per heavy atom. The molecule has 1 aromatic carbocycles. The van der Waals surface area contributed by atoms with Crippen molar-refractivity contribution in [3.05, 3.63) is 29.8 Å². The summed E-state index contributed by atoms with van der Waals surface area (Å²) in [7, 11) is 1.76. The molecule has 1 aliphatic carbocycles. The number of esters is 1. The molecule has 0 radical (unpaired) electrons. The van der Waals surface area contributed by atoms with Gasteiger partial charge in [0.1, 0.15) is 11.8 Å². The van der Waals surface area contributed by atoms with E-state index >= 15 is 0 Å². The maximum atomic E-state index is 12.1. The van der Waals surface area contributed by atoms with Crippen molar-refractivity contribution in [2.24, 2.45) is 0 Å². The second-order valence-corrected chi connectivity index (χ2v) is 5.85. The van der Waals surface area contributed by atoms with Crippen LogP contribution in [0.3, 0.4) is 0 Å². The largest absolute Gasteiger partial charge is 0.481 e. The van der Waals surface area contributed by atoms with Crippen LogP contribution in [0.2, 0.25) is 0 Å². The van der Waals surface area contributed by atoms with Crippen LogP contribution in [0, 0.1) is 11.3 Å². The molecular weight excluding hydrogens is 308 g/mol. The monoisotopic (exact) mass is 330 g/mol. The number of hydrogen-bond acceptors (Lipinski definition) is 5. The Hall–Kier alpha value is -2.55. The molecular formula is C18H22N2O4. The number of carbonyl (C=O) groups excluding carboxylic acids is 2. The summed E-state index contributed by atoms with van der Waals surface area (Å²) in [6.45, 7) is -0.617. The van der Waals surface area contributed by atoms with Crippen LogP contribution in [-0.2, 0) is 14.3 Å². The molecule has 1 fully saturated rings. The summed E-state index contributed by atoms with van der Waals surface area (Å²) in [6, 6.07) is 8.85. The molecule has 0 atom stereocenters. The van der Waals surface area contributed by atoms with Gasteiger partial charge in [-0.2, -0.15) is 5.26 Å². The number of hydrogen-bond donors (Lipinski definition) is 0. The van der Waals surface area contributed by atoms with E-state index in [4.69, 9.17) is 14.7 Å². The van der Waals surface area contributed by atoms with Gasteiger partial charge in [0.05, 0.1) is 5.56 Å². The number of amides is 1. The fourth-order valence-electron chi connectivity index (χ4n) is 2.78. The summed E-state index contributed by atoms with van der Waals surface area (Å²) in [6.07, 6.45) is 5.49. The maximum Gasteiger partial charge on any atom is 0.344 e. The third-order valence-corrected chi connectivity index (χ3v) is 4.23. The van der Waals surface area contributed by atoms with Gasteiger partial charge in [-0.25, -0.2) is 4.79 Å². The molecule has 1 aromatic rings. The predicted octanol–water partition coefficient (Wildman–Crippen LogP) is 2.27. The third kappa shape index (κ3) is 4.98. The molecule has 1 aliphatic rings. The normalized spacial score (nSPS) is 14.5. The highest BCUT2D eigenvalue weighted by Gasteiger charge is 2.22. The maximum absolute atomic E-state index is 12.1. The van der Waals surface area contributed by atoms with Crippen molar-refractivity contribution >= 4 is 11.9 Å². The van der Waals surface area contributed by atoms with Gasteiger partial charge in [0, 0.05) is 13.1 Å². The number of para-hydroxylation sites is 1. The van der Waals surface area contributed by atoms with Gasteiger partial charge in [-0.3, -0.25) is 4.79 Å². The van der Waals surface area contributed by atoms with Crippen molar-refractivity contribution in [3.63, 3.8) is 0 Å². The minimum absolute atomic E-state index is 0.201. The SMILES string of the molecule is CN(C(=O)COC(=O)COc1ccccc1C#N)C1CCCCC1. The quantitative estimate of drug-likeness (QED) is 0.748. The zero-order chi connectivity index (χ0) is 17.4. The molecule has 128 valence electrons. The van der Waals surface area contributed by atoms with Gasteiger partial charge in [0.2, 0.25) is 0 Å². The van der Waals surface area contributed by atoms with Crippen LogP contribution >= 0.6 is 0 Å². The first-order valence-corrected chi connectivity index (χ1v) is 8.15. The predicted molar refractivity (Wildman–Crippen MR) is 87.3 cm³/mol. The van der Waals surface area contributed by atoms with E-state index in [-0.39, 0.29) is 25.2 Å². The average molecular weight is 330 g/mol. The molecule has 6 nitrogen and oxygen atoms in total. The minimum Gasteiger partial charge on any atom is -0.481 e. The van der Waals surface area contributed by atoms with E-state index in [1.807, 2.05) is 6.07 Å². The lowest BCUT2D eigenvalue weighted by Gasteiger charge is -2.31. The van der Waals surface area contributed by atoms with Crippen LogP contribution in [0.4, 0.5) is 0 Å². The summed E-state index contributed by atoms with van der Waals surface area (Å²) in [4.78, 5) is 25.5. The first-order chi connectivity index (χ1) is 11.6. The number of rotatable bonds is 6. The van der Waals surface area contributed by atoms with Crippen LogP contribution in [0.25, 0.3) is 0 Å². The molecule has 0 aromatic heterocycles. The molecule has 0 spiro atoms. The summed E-state index contributed by atoms with van der Waals surface area (Å²) < 4.78 is 10.2. The molecule has 0 N–H and O–H groups in total. The molecule has 6 heteroatoms. The smallest absolute Gasteiger partial charge is 0.344 e. The number of carbonyl (C=O) groups is 2. The molecule has 0 heterocycles. The van der Waals surface area contributed by atoms with Gasteiger partial charge in [0.25, 0.3) is 5.91 Å². The highest BCUT2D eigenvalue weighted by Crippen LogP contribution is 2.21. The minimum atomic E-state index is -0.631. The highest BCUT2D eigenvalue weighted by molar-refractivity contribution is 5.81. The average Bonchev–Trinajstić information content (AvgIpc) is 2.64. The van der Waals surface area contributed by atoms with Gasteiger partial charge in [-0.05, 0) is 25.0 Å². The second-order valence-electron chi connectivity index (χ2n) is 5.85. The summed E-state index contributed by atoms with van der Waals surface area (Å²) in [5.41, 5.74) is 0.346. The molecule has 24 heavy (non-hydrogen) atoms. The first-order valence-electron chi connectivity index (χ1n) is 8.15. The Kier molecular flexibility index (Phi) is 6.62. The molecule has 1 saturated carbocycles. The molecule has 0 saturated heterocycles. The van der Waals surface area contributed by atoms with Crippen LogP contribution < -0.4 is 4.74 Å². The molecule has 2 rings (SSSR count). The van der Waals surface area contributed by atoms with Crippen molar-refractivity contribution in [2.75, 3.05) is 20.3 Å². The molecule has 0 aliphatic heterocycles. The van der Waals surface area contributed by atoms with E-state index in [1.54, 1.807) is 36.2 Å². The standard InChI is InChI=1S/C18H22N2O4/c1-20(15-8-3-2-4-9-15)17(21)12-24-18(22)13-23-16-10-6-5-7-14(16)11-19/h5-7,10,15H,2-4,8-9,12-13H2,1H3. The lowest BCUT2D eigenvalue weighted by Crippen LogP contribution is -2.40. The number of nitrogens with zero attached hydrogens (tertiary/aromatic N) is 2. The Morgan fingerprint density at radius 2 is 1.92 bits per heavy atom. The fraction of sp³-hybridized carbons (Fsp3) is 0.500. The summed E-state index contributed by atoms with van der Waals surface area (Å²) in [5, 5.41) is 8.95. The van der Waals surface area contributed by atoms with Crippen LogP contribution in [0.15, 0.2) is 24.3 Å². The van der Waals surface area contributed by atoms with E-state index in [0.29, 0.717) is 11.3 Å². The second kappa shape index (κ2) is 8.92. The third-order valence-electron chi connectivity index (χ3n) is 4.23. The van der Waals surface area contributed by atoms with Crippen LogP contribution in [0.5, 0.6) is 5.75 Å². The van der Waals surface area contributed by atoms with Gasteiger partial charge in [0.15, 0.2) is 13.2 Å². The van der Waals surface area contributed by atoms with E-state index in [0.717, 1.165) is 25.7 Å². The molecule has 0 unspecified atom stereocenters. The zero-order valence-corrected chi connectivity index (χ0v) is 13.9. The Morgan fingerprint density at radius 1 is 1.21 bits per heavy atom. The van der Waals surface area contributed by atoms with E-state index < -0.39 is 5.97 Å². The molecule has 0 bridgehead atoms. The highest BCUT2D eigenvalue weighted by atomic mass is 16.6. The van der Waals surface area contributed by atoms with Crippen molar-refractivity contribution in [1.82, 2.24) is 4.90 Å². The van der Waals surface area contributed by atoms with Crippen LogP contribution in [0.1, 0.15) is 37.7 Å². The number of benzene rings is 1. The van der Waals surface area contributed by atoms with Crippen molar-refractivity contribution in [1.29, 1.82) is 5.26 Å². The Bertz CT molecular complexity index is 618. The van der Waals surface area contributed by atoms with Crippen molar-refractivity contribution < 1.29 is 19.1 Å². The molecule has 1 amide bonds. The Labute approximate surface area is 142 Å². The zero-order valence-electron chi connectivity index (χ0n) is 13.9. The van der Waals surface area contributed by atoms with Gasteiger partial charge in [-0.15, -0.1) is 0 Å². The fourth-order valence-corrected chi connectivity index (χ4v) is 2.78.